The number of benzene rings is 2. The molecule has 1 N–H and O–H groups in total. The standard InChI is InChI=1S/C16H17BrFNS/c1-2-10-19-11-14-15(18)4-3-5-16(14)20-13-8-6-12(17)7-9-13/h3-9,19H,2,10-11H2,1H3. The Morgan fingerprint density at radius 3 is 2.60 bits per heavy atom. The topological polar surface area (TPSA) is 12.0 Å². The van der Waals surface area contributed by atoms with Crippen molar-refractivity contribution in [2.45, 2.75) is 29.7 Å². The Labute approximate surface area is 132 Å². The van der Waals surface area contributed by atoms with Gasteiger partial charge in [0.25, 0.3) is 0 Å². The Balaban J connectivity index is 2.17. The fourth-order valence-electron chi connectivity index (χ4n) is 1.83. The molecule has 0 radical (unpaired) electrons. The average Bonchev–Trinajstić information content (AvgIpc) is 2.44. The molecule has 0 saturated heterocycles. The van der Waals surface area contributed by atoms with Crippen molar-refractivity contribution in [3.8, 4) is 0 Å². The highest BCUT2D eigenvalue weighted by molar-refractivity contribution is 9.10. The van der Waals surface area contributed by atoms with Gasteiger partial charge in [0.05, 0.1) is 0 Å². The molecule has 0 aromatic heterocycles. The predicted octanol–water partition coefficient (Wildman–Crippen LogP) is 5.24. The molecule has 0 amide bonds. The van der Waals surface area contributed by atoms with Crippen LogP contribution >= 0.6 is 27.7 Å². The number of hydrogen-bond donors (Lipinski definition) is 1. The summed E-state index contributed by atoms with van der Waals surface area (Å²) in [5, 5.41) is 3.27. The lowest BCUT2D eigenvalue weighted by molar-refractivity contribution is 0.578. The van der Waals surface area contributed by atoms with Crippen molar-refractivity contribution in [3.63, 3.8) is 0 Å². The highest BCUT2D eigenvalue weighted by Gasteiger charge is 2.09. The number of rotatable bonds is 6. The number of halogens is 2. The molecule has 0 aliphatic carbocycles. The summed E-state index contributed by atoms with van der Waals surface area (Å²) >= 11 is 5.01. The third kappa shape index (κ3) is 4.33. The van der Waals surface area contributed by atoms with Crippen LogP contribution in [-0.2, 0) is 6.54 Å². The lowest BCUT2D eigenvalue weighted by Crippen LogP contribution is -2.15. The molecule has 0 bridgehead atoms. The number of nitrogens with one attached hydrogen (secondary N) is 1. The van der Waals surface area contributed by atoms with Crippen molar-refractivity contribution < 1.29 is 4.39 Å². The predicted molar refractivity (Wildman–Crippen MR) is 86.7 cm³/mol. The van der Waals surface area contributed by atoms with E-state index in [1.54, 1.807) is 17.8 Å². The van der Waals surface area contributed by atoms with E-state index in [-0.39, 0.29) is 5.82 Å². The van der Waals surface area contributed by atoms with E-state index in [1.165, 1.54) is 6.07 Å². The van der Waals surface area contributed by atoms with Gasteiger partial charge in [-0.25, -0.2) is 4.39 Å². The first-order valence-electron chi connectivity index (χ1n) is 6.62. The summed E-state index contributed by atoms with van der Waals surface area (Å²) in [5.41, 5.74) is 0.744. The molecule has 1 nitrogen and oxygen atoms in total. The van der Waals surface area contributed by atoms with Crippen LogP contribution in [0.1, 0.15) is 18.9 Å². The van der Waals surface area contributed by atoms with Gasteiger partial charge in [0, 0.05) is 26.4 Å². The molecule has 0 atom stereocenters. The fourth-order valence-corrected chi connectivity index (χ4v) is 3.06. The molecule has 0 spiro atoms. The summed E-state index contributed by atoms with van der Waals surface area (Å²) in [5.74, 6) is -0.143. The summed E-state index contributed by atoms with van der Waals surface area (Å²) in [6.45, 7) is 3.57. The van der Waals surface area contributed by atoms with E-state index in [2.05, 4.69) is 28.2 Å². The van der Waals surface area contributed by atoms with Crippen LogP contribution in [0.25, 0.3) is 0 Å². The van der Waals surface area contributed by atoms with E-state index < -0.39 is 0 Å². The maximum atomic E-state index is 14.0. The SMILES string of the molecule is CCCNCc1c(F)cccc1Sc1ccc(Br)cc1. The monoisotopic (exact) mass is 353 g/mol. The van der Waals surface area contributed by atoms with E-state index in [1.807, 2.05) is 30.3 Å². The van der Waals surface area contributed by atoms with Gasteiger partial charge >= 0.3 is 0 Å². The highest BCUT2D eigenvalue weighted by Crippen LogP contribution is 2.32. The van der Waals surface area contributed by atoms with Gasteiger partial charge in [-0.2, -0.15) is 0 Å². The fraction of sp³-hybridized carbons (Fsp3) is 0.250. The molecule has 0 aliphatic heterocycles. The van der Waals surface area contributed by atoms with Gasteiger partial charge in [-0.05, 0) is 49.4 Å². The zero-order chi connectivity index (χ0) is 14.4. The van der Waals surface area contributed by atoms with Crippen molar-refractivity contribution in [2.75, 3.05) is 6.54 Å². The van der Waals surface area contributed by atoms with Crippen molar-refractivity contribution in [1.29, 1.82) is 0 Å². The maximum absolute atomic E-state index is 14.0. The third-order valence-electron chi connectivity index (χ3n) is 2.85. The minimum absolute atomic E-state index is 0.143. The molecule has 2 rings (SSSR count). The molecule has 2 aromatic carbocycles. The zero-order valence-corrected chi connectivity index (χ0v) is 13.7. The van der Waals surface area contributed by atoms with Crippen LogP contribution < -0.4 is 5.32 Å². The quantitative estimate of drug-likeness (QED) is 0.712. The first-order valence-corrected chi connectivity index (χ1v) is 8.23. The molecule has 0 aliphatic rings. The first-order chi connectivity index (χ1) is 9.70. The normalized spacial score (nSPS) is 10.8. The van der Waals surface area contributed by atoms with Gasteiger partial charge in [-0.3, -0.25) is 0 Å². The van der Waals surface area contributed by atoms with Crippen LogP contribution in [0.15, 0.2) is 56.7 Å². The first kappa shape index (κ1) is 15.5. The van der Waals surface area contributed by atoms with E-state index in [4.69, 9.17) is 0 Å². The van der Waals surface area contributed by atoms with Gasteiger partial charge in [-0.1, -0.05) is 40.7 Å². The molecule has 0 unspecified atom stereocenters. The Morgan fingerprint density at radius 1 is 1.15 bits per heavy atom. The van der Waals surface area contributed by atoms with Crippen LogP contribution in [0.4, 0.5) is 4.39 Å². The number of hydrogen-bond acceptors (Lipinski definition) is 2. The second-order valence-corrected chi connectivity index (χ2v) is 6.48. The summed E-state index contributed by atoms with van der Waals surface area (Å²) in [7, 11) is 0. The minimum Gasteiger partial charge on any atom is -0.313 e. The van der Waals surface area contributed by atoms with E-state index in [0.717, 1.165) is 32.8 Å². The van der Waals surface area contributed by atoms with Gasteiger partial charge in [0.2, 0.25) is 0 Å². The maximum Gasteiger partial charge on any atom is 0.128 e. The van der Waals surface area contributed by atoms with E-state index >= 15 is 0 Å². The summed E-state index contributed by atoms with van der Waals surface area (Å²) in [6.07, 6.45) is 1.05. The lowest BCUT2D eigenvalue weighted by Gasteiger charge is -2.11. The van der Waals surface area contributed by atoms with Gasteiger partial charge in [0.15, 0.2) is 0 Å². The van der Waals surface area contributed by atoms with E-state index in [0.29, 0.717) is 6.54 Å². The Morgan fingerprint density at radius 2 is 1.90 bits per heavy atom. The van der Waals surface area contributed by atoms with E-state index in [9.17, 15) is 4.39 Å². The molecule has 2 aromatic rings. The highest BCUT2D eigenvalue weighted by atomic mass is 79.9. The second kappa shape index (κ2) is 7.81. The van der Waals surface area contributed by atoms with Gasteiger partial charge in [0.1, 0.15) is 5.82 Å². The molecule has 20 heavy (non-hydrogen) atoms. The zero-order valence-electron chi connectivity index (χ0n) is 11.3. The summed E-state index contributed by atoms with van der Waals surface area (Å²) in [6, 6.07) is 13.3. The molecule has 106 valence electrons. The largest absolute Gasteiger partial charge is 0.313 e. The minimum atomic E-state index is -0.143. The van der Waals surface area contributed by atoms with Crippen LogP contribution in [-0.4, -0.2) is 6.54 Å². The van der Waals surface area contributed by atoms with Gasteiger partial charge < -0.3 is 5.32 Å². The van der Waals surface area contributed by atoms with Gasteiger partial charge in [-0.15, -0.1) is 0 Å². The molecule has 4 heteroatoms. The summed E-state index contributed by atoms with van der Waals surface area (Å²) in [4.78, 5) is 2.08. The molecule has 0 heterocycles. The Kier molecular flexibility index (Phi) is 6.07. The van der Waals surface area contributed by atoms with Crippen molar-refractivity contribution in [3.05, 3.63) is 58.3 Å². The van der Waals surface area contributed by atoms with Crippen LogP contribution in [0.2, 0.25) is 0 Å². The Hall–Kier alpha value is -0.840. The van der Waals surface area contributed by atoms with Crippen molar-refractivity contribution in [1.82, 2.24) is 5.32 Å². The molecular formula is C16H17BrFNS. The third-order valence-corrected chi connectivity index (χ3v) is 4.48. The molecule has 0 saturated carbocycles. The summed E-state index contributed by atoms with van der Waals surface area (Å²) < 4.78 is 15.0. The van der Waals surface area contributed by atoms with Crippen molar-refractivity contribution >= 4 is 27.7 Å². The molecule has 0 fully saturated rings. The molecular weight excluding hydrogens is 337 g/mol. The average molecular weight is 354 g/mol. The van der Waals surface area contributed by atoms with Crippen LogP contribution in [0.3, 0.4) is 0 Å². The lowest BCUT2D eigenvalue weighted by atomic mass is 10.2. The van der Waals surface area contributed by atoms with Crippen LogP contribution in [0.5, 0.6) is 0 Å². The van der Waals surface area contributed by atoms with Crippen molar-refractivity contribution in [2.24, 2.45) is 0 Å². The van der Waals surface area contributed by atoms with Crippen LogP contribution in [0, 0.1) is 5.82 Å². The second-order valence-electron chi connectivity index (χ2n) is 4.45. The Bertz CT molecular complexity index is 557. The smallest absolute Gasteiger partial charge is 0.128 e.